The van der Waals surface area contributed by atoms with E-state index in [0.29, 0.717) is 6.04 Å². The summed E-state index contributed by atoms with van der Waals surface area (Å²) in [5.74, 6) is 0. The maximum Gasteiger partial charge on any atom is 0.0449 e. The van der Waals surface area contributed by atoms with E-state index >= 15 is 0 Å². The van der Waals surface area contributed by atoms with Crippen molar-refractivity contribution in [3.63, 3.8) is 0 Å². The summed E-state index contributed by atoms with van der Waals surface area (Å²) in [6, 6.07) is 14.9. The first-order valence-corrected chi connectivity index (χ1v) is 8.01. The van der Waals surface area contributed by atoms with Crippen molar-refractivity contribution in [3.05, 3.63) is 68.7 Å². The van der Waals surface area contributed by atoms with E-state index < -0.39 is 0 Å². The molecule has 2 aromatic rings. The first-order valence-electron chi connectivity index (χ1n) is 6.84. The Morgan fingerprint density at radius 1 is 1.20 bits per heavy atom. The molecule has 0 amide bonds. The Balaban J connectivity index is 2.28. The van der Waals surface area contributed by atoms with Gasteiger partial charge >= 0.3 is 0 Å². The van der Waals surface area contributed by atoms with Gasteiger partial charge in [-0.1, -0.05) is 64.8 Å². The fourth-order valence-corrected chi connectivity index (χ4v) is 3.17. The normalized spacial score (nSPS) is 12.4. The van der Waals surface area contributed by atoms with Crippen molar-refractivity contribution in [2.45, 2.75) is 26.3 Å². The third kappa shape index (κ3) is 3.85. The Morgan fingerprint density at radius 2 is 1.95 bits per heavy atom. The van der Waals surface area contributed by atoms with Crippen molar-refractivity contribution in [2.24, 2.45) is 0 Å². The first-order chi connectivity index (χ1) is 9.61. The highest BCUT2D eigenvalue weighted by atomic mass is 79.9. The van der Waals surface area contributed by atoms with Crippen molar-refractivity contribution < 1.29 is 0 Å². The van der Waals surface area contributed by atoms with Crippen molar-refractivity contribution in [1.29, 1.82) is 0 Å². The Bertz CT molecular complexity index is 583. The molecule has 106 valence electrons. The molecule has 20 heavy (non-hydrogen) atoms. The third-order valence-electron chi connectivity index (χ3n) is 3.45. The van der Waals surface area contributed by atoms with E-state index in [-0.39, 0.29) is 0 Å². The van der Waals surface area contributed by atoms with Gasteiger partial charge in [0.25, 0.3) is 0 Å². The van der Waals surface area contributed by atoms with E-state index in [9.17, 15) is 0 Å². The first kappa shape index (κ1) is 15.6. The number of hydrogen-bond donors (Lipinski definition) is 1. The Kier molecular flexibility index (Phi) is 5.64. The van der Waals surface area contributed by atoms with Gasteiger partial charge in [0.1, 0.15) is 0 Å². The lowest BCUT2D eigenvalue weighted by atomic mass is 9.95. The zero-order valence-corrected chi connectivity index (χ0v) is 14.1. The predicted octanol–water partition coefficient (Wildman–Crippen LogP) is 5.30. The third-order valence-corrected chi connectivity index (χ3v) is 4.30. The topological polar surface area (TPSA) is 12.0 Å². The van der Waals surface area contributed by atoms with Gasteiger partial charge in [0.15, 0.2) is 0 Å². The van der Waals surface area contributed by atoms with Crippen LogP contribution in [-0.4, -0.2) is 6.54 Å². The number of hydrogen-bond acceptors (Lipinski definition) is 1. The second kappa shape index (κ2) is 7.26. The molecule has 0 aliphatic heterocycles. The summed E-state index contributed by atoms with van der Waals surface area (Å²) >= 11 is 9.79. The minimum atomic E-state index is 0.292. The van der Waals surface area contributed by atoms with E-state index in [1.165, 1.54) is 16.7 Å². The van der Waals surface area contributed by atoms with Gasteiger partial charge in [0.05, 0.1) is 0 Å². The molecule has 3 heteroatoms. The van der Waals surface area contributed by atoms with Crippen LogP contribution in [0.3, 0.4) is 0 Å². The average Bonchev–Trinajstić information content (AvgIpc) is 2.42. The van der Waals surface area contributed by atoms with Gasteiger partial charge in [0, 0.05) is 15.5 Å². The molecule has 0 spiro atoms. The second-order valence-electron chi connectivity index (χ2n) is 4.91. The molecule has 1 unspecified atom stereocenters. The number of halogens is 2. The monoisotopic (exact) mass is 351 g/mol. The molecule has 0 aliphatic carbocycles. The Morgan fingerprint density at radius 3 is 2.60 bits per heavy atom. The lowest BCUT2D eigenvalue weighted by molar-refractivity contribution is 0.547. The van der Waals surface area contributed by atoms with Gasteiger partial charge in [-0.25, -0.2) is 0 Å². The van der Waals surface area contributed by atoms with Crippen LogP contribution < -0.4 is 5.32 Å². The summed E-state index contributed by atoms with van der Waals surface area (Å²) in [6.45, 7) is 5.23. The second-order valence-corrected chi connectivity index (χ2v) is 6.23. The molecule has 1 N–H and O–H groups in total. The quantitative estimate of drug-likeness (QED) is 0.769. The molecule has 0 saturated heterocycles. The van der Waals surface area contributed by atoms with E-state index in [2.05, 4.69) is 65.4 Å². The SMILES string of the molecule is CCNC(Cc1ccc(Br)cc1Cl)c1ccccc1C. The molecular formula is C17H19BrClN. The van der Waals surface area contributed by atoms with Gasteiger partial charge in [0.2, 0.25) is 0 Å². The molecule has 0 saturated carbocycles. The van der Waals surface area contributed by atoms with Gasteiger partial charge in [-0.15, -0.1) is 0 Å². The van der Waals surface area contributed by atoms with E-state index in [1.54, 1.807) is 0 Å². The Labute approximate surface area is 134 Å². The smallest absolute Gasteiger partial charge is 0.0449 e. The molecule has 0 bridgehead atoms. The molecule has 0 aromatic heterocycles. The summed E-state index contributed by atoms with van der Waals surface area (Å²) in [5.41, 5.74) is 3.82. The van der Waals surface area contributed by atoms with Crippen molar-refractivity contribution >= 4 is 27.5 Å². The molecular weight excluding hydrogens is 334 g/mol. The van der Waals surface area contributed by atoms with Crippen LogP contribution in [0.4, 0.5) is 0 Å². The lowest BCUT2D eigenvalue weighted by Crippen LogP contribution is -2.23. The van der Waals surface area contributed by atoms with Crippen LogP contribution in [0.2, 0.25) is 5.02 Å². The summed E-state index contributed by atoms with van der Waals surface area (Å²) < 4.78 is 1.02. The fourth-order valence-electron chi connectivity index (χ4n) is 2.42. The highest BCUT2D eigenvalue weighted by molar-refractivity contribution is 9.10. The van der Waals surface area contributed by atoms with Crippen LogP contribution in [0, 0.1) is 6.92 Å². The molecule has 1 atom stereocenters. The standard InChI is InChI=1S/C17H19BrClN/c1-3-20-17(15-7-5-4-6-12(15)2)10-13-8-9-14(18)11-16(13)19/h4-9,11,17,20H,3,10H2,1-2H3. The Hall–Kier alpha value is -0.830. The summed E-state index contributed by atoms with van der Waals surface area (Å²) in [7, 11) is 0. The zero-order chi connectivity index (χ0) is 14.5. The predicted molar refractivity (Wildman–Crippen MR) is 90.5 cm³/mol. The minimum Gasteiger partial charge on any atom is -0.310 e. The van der Waals surface area contributed by atoms with Crippen molar-refractivity contribution in [3.8, 4) is 0 Å². The van der Waals surface area contributed by atoms with E-state index in [1.807, 2.05) is 12.1 Å². The van der Waals surface area contributed by atoms with Crippen molar-refractivity contribution in [1.82, 2.24) is 5.32 Å². The van der Waals surface area contributed by atoms with Gasteiger partial charge < -0.3 is 5.32 Å². The maximum absolute atomic E-state index is 6.34. The van der Waals surface area contributed by atoms with Gasteiger partial charge in [-0.05, 0) is 48.7 Å². The number of rotatable bonds is 5. The van der Waals surface area contributed by atoms with Crippen molar-refractivity contribution in [2.75, 3.05) is 6.54 Å². The number of aryl methyl sites for hydroxylation is 1. The van der Waals surface area contributed by atoms with Crippen LogP contribution in [0.1, 0.15) is 29.7 Å². The van der Waals surface area contributed by atoms with Gasteiger partial charge in [-0.3, -0.25) is 0 Å². The van der Waals surface area contributed by atoms with Crippen LogP contribution >= 0.6 is 27.5 Å². The molecule has 0 aliphatic rings. The molecule has 1 nitrogen and oxygen atoms in total. The average molecular weight is 353 g/mol. The zero-order valence-electron chi connectivity index (χ0n) is 11.8. The highest BCUT2D eigenvalue weighted by Gasteiger charge is 2.14. The number of likely N-dealkylation sites (N-methyl/N-ethyl adjacent to an activating group) is 1. The largest absolute Gasteiger partial charge is 0.310 e. The van der Waals surface area contributed by atoms with Crippen LogP contribution in [-0.2, 0) is 6.42 Å². The highest BCUT2D eigenvalue weighted by Crippen LogP contribution is 2.27. The maximum atomic E-state index is 6.34. The fraction of sp³-hybridized carbons (Fsp3) is 0.294. The lowest BCUT2D eigenvalue weighted by Gasteiger charge is -2.21. The summed E-state index contributed by atoms with van der Waals surface area (Å²) in [5, 5.41) is 4.38. The van der Waals surface area contributed by atoms with Crippen LogP contribution in [0.25, 0.3) is 0 Å². The molecule has 0 fully saturated rings. The molecule has 0 radical (unpaired) electrons. The van der Waals surface area contributed by atoms with E-state index in [4.69, 9.17) is 11.6 Å². The van der Waals surface area contributed by atoms with Gasteiger partial charge in [-0.2, -0.15) is 0 Å². The van der Waals surface area contributed by atoms with E-state index in [0.717, 1.165) is 22.5 Å². The summed E-state index contributed by atoms with van der Waals surface area (Å²) in [6.07, 6.45) is 0.894. The molecule has 2 rings (SSSR count). The number of benzene rings is 2. The number of nitrogens with one attached hydrogen (secondary N) is 1. The summed E-state index contributed by atoms with van der Waals surface area (Å²) in [4.78, 5) is 0. The molecule has 0 heterocycles. The molecule has 2 aromatic carbocycles. The van der Waals surface area contributed by atoms with Crippen LogP contribution in [0.15, 0.2) is 46.9 Å². The minimum absolute atomic E-state index is 0.292. The van der Waals surface area contributed by atoms with Crippen LogP contribution in [0.5, 0.6) is 0 Å².